The summed E-state index contributed by atoms with van der Waals surface area (Å²) in [5.41, 5.74) is 0.539. The van der Waals surface area contributed by atoms with Gasteiger partial charge in [-0.05, 0) is 30.7 Å². The highest BCUT2D eigenvalue weighted by Gasteiger charge is 2.45. The zero-order valence-electron chi connectivity index (χ0n) is 15.4. The number of ether oxygens (including phenoxy) is 2. The number of carbonyl (C=O) groups is 1. The van der Waals surface area contributed by atoms with Gasteiger partial charge in [-0.2, -0.15) is 8.42 Å². The van der Waals surface area contributed by atoms with Gasteiger partial charge in [-0.15, -0.1) is 0 Å². The number of carbonyl (C=O) groups excluding carboxylic acids is 1. The lowest BCUT2D eigenvalue weighted by Crippen LogP contribution is -2.59. The third-order valence-corrected chi connectivity index (χ3v) is 4.98. The summed E-state index contributed by atoms with van der Waals surface area (Å²) in [4.78, 5) is 11.7. The van der Waals surface area contributed by atoms with E-state index in [0.717, 1.165) is 0 Å². The van der Waals surface area contributed by atoms with E-state index in [1.807, 2.05) is 0 Å². The minimum Gasteiger partial charge on any atom is -0.462 e. The predicted molar refractivity (Wildman–Crippen MR) is 98.3 cm³/mol. The van der Waals surface area contributed by atoms with E-state index < -0.39 is 46.6 Å². The van der Waals surface area contributed by atoms with Crippen LogP contribution >= 0.6 is 0 Å². The summed E-state index contributed by atoms with van der Waals surface area (Å²) in [6, 6.07) is 6.17. The SMILES string of the molecule is CC(C)C(=O)Nc1ccc(O[C@H]2O[C@H](CCS(=O)(=O)O)[C@@H](O)[C@H](O)[C@@H]2O)cc1. The fourth-order valence-electron chi connectivity index (χ4n) is 2.56. The summed E-state index contributed by atoms with van der Waals surface area (Å²) in [5, 5.41) is 32.7. The normalized spacial score (nSPS) is 28.2. The van der Waals surface area contributed by atoms with Crippen molar-refractivity contribution in [1.29, 1.82) is 0 Å². The van der Waals surface area contributed by atoms with Gasteiger partial charge >= 0.3 is 0 Å². The van der Waals surface area contributed by atoms with E-state index in [0.29, 0.717) is 5.69 Å². The highest BCUT2D eigenvalue weighted by Crippen LogP contribution is 2.27. The Labute approximate surface area is 162 Å². The fourth-order valence-corrected chi connectivity index (χ4v) is 3.09. The molecule has 158 valence electrons. The monoisotopic (exact) mass is 419 g/mol. The lowest BCUT2D eigenvalue weighted by molar-refractivity contribution is -0.272. The van der Waals surface area contributed by atoms with Crippen LogP contribution in [0.5, 0.6) is 5.75 Å². The number of rotatable bonds is 7. The van der Waals surface area contributed by atoms with Gasteiger partial charge in [-0.3, -0.25) is 9.35 Å². The Kier molecular flexibility index (Phi) is 7.37. The molecule has 2 rings (SSSR count). The molecule has 0 saturated carbocycles. The van der Waals surface area contributed by atoms with E-state index >= 15 is 0 Å². The van der Waals surface area contributed by atoms with E-state index in [-0.39, 0.29) is 24.0 Å². The van der Waals surface area contributed by atoms with Crippen molar-refractivity contribution in [3.8, 4) is 5.75 Å². The molecule has 5 atom stereocenters. The van der Waals surface area contributed by atoms with Gasteiger partial charge in [0.15, 0.2) is 0 Å². The average molecular weight is 419 g/mol. The van der Waals surface area contributed by atoms with Crippen LogP contribution in [-0.4, -0.2) is 70.7 Å². The summed E-state index contributed by atoms with van der Waals surface area (Å²) < 4.78 is 41.5. The van der Waals surface area contributed by atoms with Crippen LogP contribution < -0.4 is 10.1 Å². The Hall–Kier alpha value is -1.76. The predicted octanol–water partition coefficient (Wildman–Crippen LogP) is -0.255. The van der Waals surface area contributed by atoms with Gasteiger partial charge in [-0.1, -0.05) is 13.8 Å². The van der Waals surface area contributed by atoms with Crippen LogP contribution in [0.4, 0.5) is 5.69 Å². The number of anilines is 1. The Morgan fingerprint density at radius 3 is 2.29 bits per heavy atom. The molecule has 1 aromatic rings. The Morgan fingerprint density at radius 1 is 1.14 bits per heavy atom. The largest absolute Gasteiger partial charge is 0.462 e. The molecule has 0 spiro atoms. The molecule has 1 fully saturated rings. The summed E-state index contributed by atoms with van der Waals surface area (Å²) >= 11 is 0. The van der Waals surface area contributed by atoms with Crippen molar-refractivity contribution < 1.29 is 42.6 Å². The fraction of sp³-hybridized carbons (Fsp3) is 0.588. The minimum atomic E-state index is -4.29. The molecular weight excluding hydrogens is 394 g/mol. The van der Waals surface area contributed by atoms with Crippen molar-refractivity contribution in [2.24, 2.45) is 5.92 Å². The highest BCUT2D eigenvalue weighted by molar-refractivity contribution is 7.85. The van der Waals surface area contributed by atoms with Crippen molar-refractivity contribution >= 4 is 21.7 Å². The molecule has 0 aliphatic carbocycles. The first-order valence-electron chi connectivity index (χ1n) is 8.70. The second-order valence-corrected chi connectivity index (χ2v) is 8.45. The zero-order chi connectivity index (χ0) is 21.1. The number of hydrogen-bond donors (Lipinski definition) is 5. The van der Waals surface area contributed by atoms with E-state index in [4.69, 9.17) is 14.0 Å². The molecule has 0 bridgehead atoms. The molecule has 5 N–H and O–H groups in total. The quantitative estimate of drug-likeness (QED) is 0.375. The molecule has 0 radical (unpaired) electrons. The minimum absolute atomic E-state index is 0.154. The van der Waals surface area contributed by atoms with Gasteiger partial charge in [0, 0.05) is 11.6 Å². The van der Waals surface area contributed by atoms with Crippen molar-refractivity contribution in [3.05, 3.63) is 24.3 Å². The standard InChI is InChI=1S/C17H25NO9S/c1-9(2)16(22)18-10-3-5-11(6-4-10)26-17-15(21)14(20)13(19)12(27-17)7-8-28(23,24)25/h3-6,9,12-15,17,19-21H,7-8H2,1-2H3,(H,18,22)(H,23,24,25)/t12-,13-,14+,15+,17+/m1/s1. The first kappa shape index (κ1) is 22.5. The molecule has 0 unspecified atom stereocenters. The Balaban J connectivity index is 2.03. The van der Waals surface area contributed by atoms with Crippen LogP contribution in [0.1, 0.15) is 20.3 Å². The van der Waals surface area contributed by atoms with Gasteiger partial charge in [0.1, 0.15) is 24.1 Å². The van der Waals surface area contributed by atoms with Crippen LogP contribution in [0, 0.1) is 5.92 Å². The van der Waals surface area contributed by atoms with Gasteiger partial charge in [0.05, 0.1) is 11.9 Å². The van der Waals surface area contributed by atoms with E-state index in [1.54, 1.807) is 26.0 Å². The third-order valence-electron chi connectivity index (χ3n) is 4.23. The molecule has 28 heavy (non-hydrogen) atoms. The highest BCUT2D eigenvalue weighted by atomic mass is 32.2. The molecule has 1 amide bonds. The molecule has 1 heterocycles. The van der Waals surface area contributed by atoms with Crippen molar-refractivity contribution in [3.63, 3.8) is 0 Å². The molecule has 11 heteroatoms. The number of benzene rings is 1. The molecule has 1 aliphatic rings. The molecule has 1 saturated heterocycles. The van der Waals surface area contributed by atoms with E-state index in [2.05, 4.69) is 5.32 Å². The third kappa shape index (κ3) is 6.12. The number of aliphatic hydroxyl groups is 3. The van der Waals surface area contributed by atoms with Crippen LogP contribution in [0.3, 0.4) is 0 Å². The van der Waals surface area contributed by atoms with Crippen LogP contribution in [0.15, 0.2) is 24.3 Å². The second-order valence-electron chi connectivity index (χ2n) is 6.88. The van der Waals surface area contributed by atoms with Crippen molar-refractivity contribution in [2.45, 2.75) is 51.0 Å². The zero-order valence-corrected chi connectivity index (χ0v) is 16.2. The lowest BCUT2D eigenvalue weighted by Gasteiger charge is -2.40. The van der Waals surface area contributed by atoms with Crippen molar-refractivity contribution in [2.75, 3.05) is 11.1 Å². The van der Waals surface area contributed by atoms with Gasteiger partial charge in [-0.25, -0.2) is 0 Å². The lowest BCUT2D eigenvalue weighted by atomic mass is 9.97. The summed E-state index contributed by atoms with van der Waals surface area (Å²) in [7, 11) is -4.29. The smallest absolute Gasteiger partial charge is 0.264 e. The van der Waals surface area contributed by atoms with Gasteiger partial charge < -0.3 is 30.1 Å². The van der Waals surface area contributed by atoms with Crippen LogP contribution in [0.25, 0.3) is 0 Å². The summed E-state index contributed by atoms with van der Waals surface area (Å²) in [6.45, 7) is 3.51. The summed E-state index contributed by atoms with van der Waals surface area (Å²) in [6.07, 6.45) is -7.61. The first-order chi connectivity index (χ1) is 13.0. The molecule has 10 nitrogen and oxygen atoms in total. The van der Waals surface area contributed by atoms with Crippen molar-refractivity contribution in [1.82, 2.24) is 0 Å². The number of nitrogens with one attached hydrogen (secondary N) is 1. The second kappa shape index (κ2) is 9.16. The van der Waals surface area contributed by atoms with Crippen LogP contribution in [0.2, 0.25) is 0 Å². The molecule has 1 aromatic carbocycles. The molecule has 0 aromatic heterocycles. The topological polar surface area (TPSA) is 163 Å². The van der Waals surface area contributed by atoms with E-state index in [9.17, 15) is 28.5 Å². The van der Waals surface area contributed by atoms with Crippen LogP contribution in [-0.2, 0) is 19.6 Å². The maximum atomic E-state index is 11.7. The average Bonchev–Trinajstić information content (AvgIpc) is 2.61. The number of amides is 1. The summed E-state index contributed by atoms with van der Waals surface area (Å²) in [5.74, 6) is -0.773. The Morgan fingerprint density at radius 2 is 1.75 bits per heavy atom. The maximum absolute atomic E-state index is 11.7. The molecular formula is C17H25NO9S. The molecule has 1 aliphatic heterocycles. The first-order valence-corrected chi connectivity index (χ1v) is 10.3. The van der Waals surface area contributed by atoms with Gasteiger partial charge in [0.25, 0.3) is 10.1 Å². The number of hydrogen-bond acceptors (Lipinski definition) is 8. The number of aliphatic hydroxyl groups excluding tert-OH is 3. The van der Waals surface area contributed by atoms with E-state index in [1.165, 1.54) is 12.1 Å². The van der Waals surface area contributed by atoms with Gasteiger partial charge in [0.2, 0.25) is 12.2 Å². The maximum Gasteiger partial charge on any atom is 0.264 e. The Bertz CT molecular complexity index is 765.